The molecule has 1 amide bonds. The summed E-state index contributed by atoms with van der Waals surface area (Å²) >= 11 is 6.26. The number of rotatable bonds is 4. The normalized spacial score (nSPS) is 10.3. The van der Waals surface area contributed by atoms with E-state index in [-0.39, 0.29) is 5.91 Å². The third-order valence-corrected chi connectivity index (χ3v) is 4.67. The van der Waals surface area contributed by atoms with Gasteiger partial charge in [0, 0.05) is 26.6 Å². The summed E-state index contributed by atoms with van der Waals surface area (Å²) in [5, 5.41) is 5.17. The van der Waals surface area contributed by atoms with Gasteiger partial charge in [0.1, 0.15) is 0 Å². The SMILES string of the molecule is Nc1ccc(SCC(=O)Nc2nccs2)c(Br)c1. The van der Waals surface area contributed by atoms with Crippen molar-refractivity contribution < 1.29 is 4.79 Å². The zero-order valence-electron chi connectivity index (χ0n) is 9.22. The third-order valence-electron chi connectivity index (χ3n) is 1.99. The van der Waals surface area contributed by atoms with Gasteiger partial charge in [0.2, 0.25) is 5.91 Å². The Kier molecular flexibility index (Phi) is 4.62. The Bertz CT molecular complexity index is 545. The van der Waals surface area contributed by atoms with Crippen LogP contribution in [0.4, 0.5) is 10.8 Å². The Morgan fingerprint density at radius 1 is 1.56 bits per heavy atom. The lowest BCUT2D eigenvalue weighted by atomic mass is 10.3. The number of carbonyl (C=O) groups excluding carboxylic acids is 1. The number of hydrogen-bond acceptors (Lipinski definition) is 5. The number of nitrogens with two attached hydrogens (primary N) is 1. The number of hydrogen-bond donors (Lipinski definition) is 2. The molecule has 0 spiro atoms. The van der Waals surface area contributed by atoms with Crippen LogP contribution in [0.3, 0.4) is 0 Å². The van der Waals surface area contributed by atoms with Crippen molar-refractivity contribution in [3.05, 3.63) is 34.2 Å². The summed E-state index contributed by atoms with van der Waals surface area (Å²) in [5.41, 5.74) is 6.34. The molecule has 0 saturated heterocycles. The van der Waals surface area contributed by atoms with E-state index in [0.29, 0.717) is 16.6 Å². The van der Waals surface area contributed by atoms with E-state index in [1.54, 1.807) is 6.20 Å². The molecule has 0 saturated carbocycles. The molecule has 4 nitrogen and oxygen atoms in total. The number of nitrogens with zero attached hydrogens (tertiary/aromatic N) is 1. The second-order valence-electron chi connectivity index (χ2n) is 3.36. The van der Waals surface area contributed by atoms with Gasteiger partial charge < -0.3 is 11.1 Å². The van der Waals surface area contributed by atoms with Crippen molar-refractivity contribution in [2.45, 2.75) is 4.90 Å². The topological polar surface area (TPSA) is 68.0 Å². The summed E-state index contributed by atoms with van der Waals surface area (Å²) < 4.78 is 0.898. The van der Waals surface area contributed by atoms with Crippen LogP contribution < -0.4 is 11.1 Å². The smallest absolute Gasteiger partial charge is 0.236 e. The number of aromatic nitrogens is 1. The maximum absolute atomic E-state index is 11.7. The Morgan fingerprint density at radius 3 is 3.06 bits per heavy atom. The molecule has 2 aromatic rings. The maximum atomic E-state index is 11.7. The Labute approximate surface area is 121 Å². The number of thioether (sulfide) groups is 1. The number of anilines is 2. The second kappa shape index (κ2) is 6.21. The lowest BCUT2D eigenvalue weighted by molar-refractivity contribution is -0.113. The van der Waals surface area contributed by atoms with Gasteiger partial charge >= 0.3 is 0 Å². The first-order valence-electron chi connectivity index (χ1n) is 5.02. The Balaban J connectivity index is 1.89. The number of thiazole rings is 1. The van der Waals surface area contributed by atoms with Crippen LogP contribution in [0.2, 0.25) is 0 Å². The fourth-order valence-electron chi connectivity index (χ4n) is 1.22. The summed E-state index contributed by atoms with van der Waals surface area (Å²) in [5.74, 6) is 0.265. The van der Waals surface area contributed by atoms with Gasteiger partial charge in [0.25, 0.3) is 0 Å². The molecular weight excluding hydrogens is 334 g/mol. The molecule has 0 radical (unpaired) electrons. The van der Waals surface area contributed by atoms with E-state index < -0.39 is 0 Å². The molecule has 2 rings (SSSR count). The highest BCUT2D eigenvalue weighted by Crippen LogP contribution is 2.29. The largest absolute Gasteiger partial charge is 0.399 e. The molecule has 1 aromatic carbocycles. The molecule has 0 bridgehead atoms. The first kappa shape index (κ1) is 13.4. The van der Waals surface area contributed by atoms with Crippen molar-refractivity contribution in [2.75, 3.05) is 16.8 Å². The number of nitrogen functional groups attached to an aromatic ring is 1. The van der Waals surface area contributed by atoms with Crippen molar-refractivity contribution in [3.8, 4) is 0 Å². The lowest BCUT2D eigenvalue weighted by Gasteiger charge is -2.05. The van der Waals surface area contributed by atoms with Gasteiger partial charge in [-0.05, 0) is 34.1 Å². The highest BCUT2D eigenvalue weighted by atomic mass is 79.9. The molecule has 3 N–H and O–H groups in total. The fourth-order valence-corrected chi connectivity index (χ4v) is 3.22. The molecular formula is C11H10BrN3OS2. The van der Waals surface area contributed by atoms with Crippen molar-refractivity contribution in [1.29, 1.82) is 0 Å². The summed E-state index contributed by atoms with van der Waals surface area (Å²) in [6.07, 6.45) is 1.66. The van der Waals surface area contributed by atoms with E-state index in [4.69, 9.17) is 5.73 Å². The van der Waals surface area contributed by atoms with E-state index in [2.05, 4.69) is 26.2 Å². The van der Waals surface area contributed by atoms with Crippen LogP contribution in [-0.4, -0.2) is 16.6 Å². The van der Waals surface area contributed by atoms with Crippen molar-refractivity contribution in [2.24, 2.45) is 0 Å². The van der Waals surface area contributed by atoms with Crippen LogP contribution in [0, 0.1) is 0 Å². The van der Waals surface area contributed by atoms with E-state index in [9.17, 15) is 4.79 Å². The molecule has 1 aromatic heterocycles. The molecule has 1 heterocycles. The Morgan fingerprint density at radius 2 is 2.39 bits per heavy atom. The van der Waals surface area contributed by atoms with Crippen LogP contribution >= 0.6 is 39.0 Å². The van der Waals surface area contributed by atoms with E-state index in [1.165, 1.54) is 23.1 Å². The van der Waals surface area contributed by atoms with Crippen LogP contribution in [0.1, 0.15) is 0 Å². The number of carbonyl (C=O) groups is 1. The number of amides is 1. The van der Waals surface area contributed by atoms with E-state index in [1.807, 2.05) is 23.6 Å². The van der Waals surface area contributed by atoms with Crippen molar-refractivity contribution in [3.63, 3.8) is 0 Å². The summed E-state index contributed by atoms with van der Waals surface area (Å²) in [6, 6.07) is 5.52. The standard InChI is InChI=1S/C11H10BrN3OS2/c12-8-5-7(13)1-2-9(8)18-6-10(16)15-11-14-3-4-17-11/h1-5H,6,13H2,(H,14,15,16). The first-order valence-corrected chi connectivity index (χ1v) is 7.68. The minimum atomic E-state index is -0.0707. The van der Waals surface area contributed by atoms with E-state index >= 15 is 0 Å². The summed E-state index contributed by atoms with van der Waals surface area (Å²) in [4.78, 5) is 16.6. The zero-order valence-corrected chi connectivity index (χ0v) is 12.4. The zero-order chi connectivity index (χ0) is 13.0. The van der Waals surface area contributed by atoms with Crippen LogP contribution in [0.25, 0.3) is 0 Å². The molecule has 94 valence electrons. The van der Waals surface area contributed by atoms with Crippen LogP contribution in [0.15, 0.2) is 39.1 Å². The van der Waals surface area contributed by atoms with Gasteiger partial charge in [-0.25, -0.2) is 4.98 Å². The van der Waals surface area contributed by atoms with Gasteiger partial charge in [0.15, 0.2) is 5.13 Å². The van der Waals surface area contributed by atoms with Crippen LogP contribution in [0.5, 0.6) is 0 Å². The third kappa shape index (κ3) is 3.72. The van der Waals surface area contributed by atoms with Gasteiger partial charge in [-0.3, -0.25) is 4.79 Å². The predicted molar refractivity (Wildman–Crippen MR) is 80.0 cm³/mol. The van der Waals surface area contributed by atoms with Crippen molar-refractivity contribution in [1.82, 2.24) is 4.98 Å². The highest BCUT2D eigenvalue weighted by Gasteiger charge is 2.07. The number of nitrogens with one attached hydrogen (secondary N) is 1. The monoisotopic (exact) mass is 343 g/mol. The molecule has 0 atom stereocenters. The summed E-state index contributed by atoms with van der Waals surface area (Å²) in [6.45, 7) is 0. The predicted octanol–water partition coefficient (Wildman–Crippen LogP) is 3.22. The second-order valence-corrected chi connectivity index (χ2v) is 6.13. The van der Waals surface area contributed by atoms with Gasteiger partial charge in [-0.15, -0.1) is 23.1 Å². The van der Waals surface area contributed by atoms with Gasteiger partial charge in [-0.2, -0.15) is 0 Å². The Hall–Kier alpha value is -1.05. The molecule has 18 heavy (non-hydrogen) atoms. The average Bonchev–Trinajstić information content (AvgIpc) is 2.80. The highest BCUT2D eigenvalue weighted by molar-refractivity contribution is 9.10. The maximum Gasteiger partial charge on any atom is 0.236 e. The quantitative estimate of drug-likeness (QED) is 0.660. The van der Waals surface area contributed by atoms with Crippen LogP contribution in [-0.2, 0) is 4.79 Å². The lowest BCUT2D eigenvalue weighted by Crippen LogP contribution is -2.13. The van der Waals surface area contributed by atoms with E-state index in [0.717, 1.165) is 9.37 Å². The first-order chi connectivity index (χ1) is 8.65. The molecule has 7 heteroatoms. The average molecular weight is 344 g/mol. The molecule has 0 aliphatic rings. The van der Waals surface area contributed by atoms with Gasteiger partial charge in [-0.1, -0.05) is 0 Å². The molecule has 0 aliphatic carbocycles. The number of benzene rings is 1. The molecule has 0 fully saturated rings. The molecule has 0 aliphatic heterocycles. The summed E-state index contributed by atoms with van der Waals surface area (Å²) in [7, 11) is 0. The fraction of sp³-hybridized carbons (Fsp3) is 0.0909. The minimum absolute atomic E-state index is 0.0707. The van der Waals surface area contributed by atoms with Crippen molar-refractivity contribution >= 4 is 55.8 Å². The van der Waals surface area contributed by atoms with Gasteiger partial charge in [0.05, 0.1) is 5.75 Å². The number of halogens is 1. The molecule has 0 unspecified atom stereocenters. The minimum Gasteiger partial charge on any atom is -0.399 e.